The molecule has 0 bridgehead atoms. The molecular weight excluding hydrogens is 454 g/mol. The van der Waals surface area contributed by atoms with Crippen LogP contribution in [0.4, 0.5) is 5.82 Å². The van der Waals surface area contributed by atoms with E-state index in [0.717, 1.165) is 22.6 Å². The molecule has 0 spiro atoms. The molecule has 188 valence electrons. The highest BCUT2D eigenvalue weighted by Gasteiger charge is 2.28. The summed E-state index contributed by atoms with van der Waals surface area (Å²) >= 11 is 0. The number of aryl methyl sites for hydroxylation is 1. The van der Waals surface area contributed by atoms with E-state index >= 15 is 0 Å². The van der Waals surface area contributed by atoms with Crippen molar-refractivity contribution in [1.82, 2.24) is 20.0 Å². The Morgan fingerprint density at radius 3 is 2.25 bits per heavy atom. The van der Waals surface area contributed by atoms with Crippen molar-refractivity contribution in [1.29, 1.82) is 0 Å². The van der Waals surface area contributed by atoms with Crippen LogP contribution in [0.3, 0.4) is 0 Å². The third-order valence-electron chi connectivity index (χ3n) is 6.60. The van der Waals surface area contributed by atoms with Crippen LogP contribution in [0.5, 0.6) is 0 Å². The maximum atomic E-state index is 13.2. The molecule has 1 aliphatic rings. The van der Waals surface area contributed by atoms with Gasteiger partial charge in [0.25, 0.3) is 0 Å². The number of carbonyl (C=O) groups is 2. The maximum Gasteiger partial charge on any atom is 0.249 e. The van der Waals surface area contributed by atoms with Crippen molar-refractivity contribution < 1.29 is 14.3 Å². The topological polar surface area (TPSA) is 78.9 Å². The molecule has 1 aliphatic heterocycles. The third kappa shape index (κ3) is 6.07. The summed E-state index contributed by atoms with van der Waals surface area (Å²) in [6.45, 7) is 6.39. The van der Waals surface area contributed by atoms with Crippen LogP contribution < -0.4 is 4.90 Å². The molecule has 0 aliphatic carbocycles. The number of amides is 2. The molecule has 2 aromatic carbocycles. The molecular formula is C28H33N5O3. The Balaban J connectivity index is 1.36. The Kier molecular flexibility index (Phi) is 8.28. The van der Waals surface area contributed by atoms with E-state index in [1.54, 1.807) is 4.90 Å². The van der Waals surface area contributed by atoms with Gasteiger partial charge in [-0.05, 0) is 31.5 Å². The van der Waals surface area contributed by atoms with Crippen LogP contribution in [0.15, 0.2) is 66.7 Å². The van der Waals surface area contributed by atoms with Crippen molar-refractivity contribution >= 4 is 17.6 Å². The number of rotatable bonds is 8. The van der Waals surface area contributed by atoms with Crippen molar-refractivity contribution in [3.8, 4) is 11.3 Å². The van der Waals surface area contributed by atoms with Gasteiger partial charge in [0.05, 0.1) is 11.7 Å². The van der Waals surface area contributed by atoms with Gasteiger partial charge in [-0.2, -0.15) is 0 Å². The first-order valence-corrected chi connectivity index (χ1v) is 12.2. The lowest BCUT2D eigenvalue weighted by atomic mass is 10.1. The van der Waals surface area contributed by atoms with Crippen molar-refractivity contribution in [2.45, 2.75) is 19.9 Å². The Morgan fingerprint density at radius 1 is 0.944 bits per heavy atom. The summed E-state index contributed by atoms with van der Waals surface area (Å²) in [6.07, 6.45) is 0. The first-order chi connectivity index (χ1) is 17.5. The Labute approximate surface area is 212 Å². The van der Waals surface area contributed by atoms with Gasteiger partial charge in [-0.15, -0.1) is 10.2 Å². The second-order valence-corrected chi connectivity index (χ2v) is 9.05. The second kappa shape index (κ2) is 11.8. The number of nitrogens with zero attached hydrogens (tertiary/aromatic N) is 5. The van der Waals surface area contributed by atoms with E-state index in [2.05, 4.69) is 34.2 Å². The highest BCUT2D eigenvalue weighted by molar-refractivity contribution is 5.86. The van der Waals surface area contributed by atoms with E-state index in [9.17, 15) is 9.59 Å². The Hall–Kier alpha value is -3.78. The average molecular weight is 488 g/mol. The molecule has 1 atom stereocenters. The summed E-state index contributed by atoms with van der Waals surface area (Å²) in [5.41, 5.74) is 4.05. The molecule has 0 radical (unpaired) electrons. The number of methoxy groups -OCH3 is 1. The van der Waals surface area contributed by atoms with Crippen molar-refractivity contribution in [3.63, 3.8) is 0 Å². The molecule has 36 heavy (non-hydrogen) atoms. The Bertz CT molecular complexity index is 1140. The van der Waals surface area contributed by atoms with Crippen LogP contribution in [0.1, 0.15) is 24.1 Å². The van der Waals surface area contributed by atoms with Crippen LogP contribution in [0.2, 0.25) is 0 Å². The monoisotopic (exact) mass is 487 g/mol. The molecule has 0 unspecified atom stereocenters. The van der Waals surface area contributed by atoms with E-state index in [1.165, 1.54) is 12.7 Å². The van der Waals surface area contributed by atoms with Crippen LogP contribution in [-0.4, -0.2) is 78.3 Å². The zero-order chi connectivity index (χ0) is 25.5. The Morgan fingerprint density at radius 2 is 1.64 bits per heavy atom. The molecule has 0 N–H and O–H groups in total. The number of hydrogen-bond donors (Lipinski definition) is 0. The van der Waals surface area contributed by atoms with Gasteiger partial charge in [-0.1, -0.05) is 60.2 Å². The fourth-order valence-corrected chi connectivity index (χ4v) is 4.36. The number of carbonyl (C=O) groups excluding carboxylic acids is 2. The lowest BCUT2D eigenvalue weighted by Crippen LogP contribution is -2.52. The first-order valence-electron chi connectivity index (χ1n) is 12.2. The summed E-state index contributed by atoms with van der Waals surface area (Å²) < 4.78 is 5.07. The predicted octanol–water partition coefficient (Wildman–Crippen LogP) is 3.34. The molecule has 8 heteroatoms. The fourth-order valence-electron chi connectivity index (χ4n) is 4.36. The van der Waals surface area contributed by atoms with Crippen molar-refractivity contribution in [2.75, 3.05) is 51.3 Å². The number of benzene rings is 2. The van der Waals surface area contributed by atoms with Gasteiger partial charge in [0.2, 0.25) is 11.8 Å². The largest absolute Gasteiger partial charge is 0.375 e. The number of hydrogen-bond acceptors (Lipinski definition) is 6. The molecule has 2 amide bonds. The van der Waals surface area contributed by atoms with Crippen LogP contribution in [-0.2, 0) is 14.3 Å². The minimum absolute atomic E-state index is 0.0172. The highest BCUT2D eigenvalue weighted by Crippen LogP contribution is 2.22. The van der Waals surface area contributed by atoms with E-state index in [0.29, 0.717) is 26.2 Å². The van der Waals surface area contributed by atoms with E-state index in [1.807, 2.05) is 66.4 Å². The van der Waals surface area contributed by atoms with Gasteiger partial charge in [-0.3, -0.25) is 9.59 Å². The lowest BCUT2D eigenvalue weighted by Gasteiger charge is -2.37. The minimum atomic E-state index is -0.235. The SMILES string of the molecule is COCC(=O)N(CC(=O)N1CCN(c2ccc(-c3ccc(C)cc3)nn2)CC1)[C@H](C)c1ccccc1. The van der Waals surface area contributed by atoms with E-state index < -0.39 is 0 Å². The average Bonchev–Trinajstić information content (AvgIpc) is 2.92. The minimum Gasteiger partial charge on any atom is -0.375 e. The van der Waals surface area contributed by atoms with Gasteiger partial charge >= 0.3 is 0 Å². The highest BCUT2D eigenvalue weighted by atomic mass is 16.5. The zero-order valence-corrected chi connectivity index (χ0v) is 21.1. The molecule has 0 saturated carbocycles. The summed E-state index contributed by atoms with van der Waals surface area (Å²) in [5.74, 6) is 0.528. The second-order valence-electron chi connectivity index (χ2n) is 9.05. The van der Waals surface area contributed by atoms with Gasteiger partial charge in [0.15, 0.2) is 5.82 Å². The number of anilines is 1. The molecule has 2 heterocycles. The molecule has 1 saturated heterocycles. The number of ether oxygens (including phenoxy) is 1. The predicted molar refractivity (Wildman–Crippen MR) is 139 cm³/mol. The summed E-state index contributed by atoms with van der Waals surface area (Å²) in [4.78, 5) is 31.5. The maximum absolute atomic E-state index is 13.2. The standard InChI is InChI=1S/C28H33N5O3/c1-21-9-11-24(12-10-21)25-13-14-26(30-29-25)31-15-17-32(18-16-31)27(34)19-33(28(35)20-36-3)22(2)23-7-5-4-6-8-23/h4-14,22H,15-20H2,1-3H3/t22-/m1/s1. The van der Waals surface area contributed by atoms with Crippen molar-refractivity contribution in [2.24, 2.45) is 0 Å². The van der Waals surface area contributed by atoms with E-state index in [-0.39, 0.29) is 31.0 Å². The first kappa shape index (κ1) is 25.3. The summed E-state index contributed by atoms with van der Waals surface area (Å²) in [7, 11) is 1.49. The van der Waals surface area contributed by atoms with Gasteiger partial charge in [0, 0.05) is 38.9 Å². The normalized spacial score (nSPS) is 14.4. The smallest absolute Gasteiger partial charge is 0.249 e. The molecule has 1 aromatic heterocycles. The number of aromatic nitrogens is 2. The number of piperazine rings is 1. The van der Waals surface area contributed by atoms with Gasteiger partial charge in [-0.25, -0.2) is 0 Å². The summed E-state index contributed by atoms with van der Waals surface area (Å²) in [6, 6.07) is 21.7. The van der Waals surface area contributed by atoms with E-state index in [4.69, 9.17) is 4.74 Å². The lowest BCUT2D eigenvalue weighted by molar-refractivity contribution is -0.144. The zero-order valence-electron chi connectivity index (χ0n) is 21.1. The van der Waals surface area contributed by atoms with Gasteiger partial charge < -0.3 is 19.4 Å². The van der Waals surface area contributed by atoms with Crippen LogP contribution >= 0.6 is 0 Å². The molecule has 8 nitrogen and oxygen atoms in total. The molecule has 1 fully saturated rings. The van der Waals surface area contributed by atoms with Crippen LogP contribution in [0.25, 0.3) is 11.3 Å². The third-order valence-corrected chi connectivity index (χ3v) is 6.60. The quantitative estimate of drug-likeness (QED) is 0.485. The molecule has 3 aromatic rings. The summed E-state index contributed by atoms with van der Waals surface area (Å²) in [5, 5.41) is 8.83. The van der Waals surface area contributed by atoms with Crippen molar-refractivity contribution in [3.05, 3.63) is 77.9 Å². The van der Waals surface area contributed by atoms with Gasteiger partial charge in [0.1, 0.15) is 13.2 Å². The van der Waals surface area contributed by atoms with Crippen LogP contribution in [0, 0.1) is 6.92 Å². The molecule has 4 rings (SSSR count). The fraction of sp³-hybridized carbons (Fsp3) is 0.357.